The van der Waals surface area contributed by atoms with Gasteiger partial charge in [-0.3, -0.25) is 4.79 Å². The number of carbonyl (C=O) groups is 1. The van der Waals surface area contributed by atoms with Crippen molar-refractivity contribution in [2.45, 2.75) is 89.9 Å². The Kier molecular flexibility index (Phi) is 11.4. The van der Waals surface area contributed by atoms with Crippen LogP contribution in [0.25, 0.3) is 0 Å². The second kappa shape index (κ2) is 13.2. The summed E-state index contributed by atoms with van der Waals surface area (Å²) in [5.74, 6) is 0.00659. The van der Waals surface area contributed by atoms with E-state index < -0.39 is 0 Å². The second-order valence-electron chi connectivity index (χ2n) is 5.91. The van der Waals surface area contributed by atoms with E-state index in [-0.39, 0.29) is 5.97 Å². The lowest BCUT2D eigenvalue weighted by atomic mass is 10.1. The minimum absolute atomic E-state index is 0.00659. The van der Waals surface area contributed by atoms with Crippen molar-refractivity contribution in [3.05, 3.63) is 12.2 Å². The van der Waals surface area contributed by atoms with Gasteiger partial charge < -0.3 is 4.74 Å². The van der Waals surface area contributed by atoms with Crippen LogP contribution in [0.2, 0.25) is 0 Å². The van der Waals surface area contributed by atoms with Gasteiger partial charge in [0.25, 0.3) is 0 Å². The zero-order chi connectivity index (χ0) is 14.3. The van der Waals surface area contributed by atoms with E-state index >= 15 is 0 Å². The summed E-state index contributed by atoms with van der Waals surface area (Å²) in [7, 11) is 0. The molecule has 0 aromatic carbocycles. The first kappa shape index (κ1) is 17.3. The summed E-state index contributed by atoms with van der Waals surface area (Å²) in [6.45, 7) is 0.624. The van der Waals surface area contributed by atoms with Crippen molar-refractivity contribution in [2.75, 3.05) is 6.61 Å². The lowest BCUT2D eigenvalue weighted by Crippen LogP contribution is -2.05. The van der Waals surface area contributed by atoms with Crippen LogP contribution in [0, 0.1) is 0 Å². The quantitative estimate of drug-likeness (QED) is 0.429. The molecule has 2 heteroatoms. The van der Waals surface area contributed by atoms with Gasteiger partial charge in [0.05, 0.1) is 6.61 Å². The molecule has 1 aliphatic heterocycles. The number of ether oxygens (including phenoxy) is 1. The van der Waals surface area contributed by atoms with Crippen molar-refractivity contribution in [2.24, 2.45) is 0 Å². The van der Waals surface area contributed by atoms with Gasteiger partial charge in [0.2, 0.25) is 0 Å². The highest BCUT2D eigenvalue weighted by atomic mass is 16.5. The third-order valence-electron chi connectivity index (χ3n) is 3.95. The number of hydrogen-bond donors (Lipinski definition) is 0. The molecule has 0 saturated heterocycles. The van der Waals surface area contributed by atoms with Gasteiger partial charge in [-0.25, -0.2) is 0 Å². The number of carbonyl (C=O) groups excluding carboxylic acids is 1. The van der Waals surface area contributed by atoms with Crippen LogP contribution in [-0.2, 0) is 9.53 Å². The first-order valence-corrected chi connectivity index (χ1v) is 8.70. The van der Waals surface area contributed by atoms with E-state index in [1.54, 1.807) is 0 Å². The Hall–Kier alpha value is -0.790. The fraction of sp³-hybridized carbons (Fsp3) is 0.833. The summed E-state index contributed by atoms with van der Waals surface area (Å²) < 4.78 is 5.26. The summed E-state index contributed by atoms with van der Waals surface area (Å²) in [5.41, 5.74) is 0. The fourth-order valence-corrected chi connectivity index (χ4v) is 2.63. The zero-order valence-electron chi connectivity index (χ0n) is 13.1. The maximum atomic E-state index is 11.5. The molecule has 0 spiro atoms. The van der Waals surface area contributed by atoms with Crippen LogP contribution in [0.3, 0.4) is 0 Å². The molecule has 0 atom stereocenters. The zero-order valence-corrected chi connectivity index (χ0v) is 13.1. The van der Waals surface area contributed by atoms with Gasteiger partial charge in [-0.2, -0.15) is 0 Å². The minimum Gasteiger partial charge on any atom is -0.466 e. The van der Waals surface area contributed by atoms with Crippen LogP contribution < -0.4 is 0 Å². The van der Waals surface area contributed by atoms with Gasteiger partial charge in [-0.05, 0) is 38.5 Å². The van der Waals surface area contributed by atoms with Gasteiger partial charge in [0.15, 0.2) is 0 Å². The first-order valence-electron chi connectivity index (χ1n) is 8.70. The van der Waals surface area contributed by atoms with Crippen molar-refractivity contribution < 1.29 is 9.53 Å². The largest absolute Gasteiger partial charge is 0.466 e. The maximum absolute atomic E-state index is 11.5. The molecule has 0 aromatic heterocycles. The van der Waals surface area contributed by atoms with E-state index in [4.69, 9.17) is 4.74 Å². The van der Waals surface area contributed by atoms with Crippen LogP contribution >= 0.6 is 0 Å². The number of allylic oxidation sites excluding steroid dienone is 2. The van der Waals surface area contributed by atoms with Gasteiger partial charge in [0.1, 0.15) is 0 Å². The van der Waals surface area contributed by atoms with E-state index in [2.05, 4.69) is 12.2 Å². The average Bonchev–Trinajstić information content (AvgIpc) is 2.45. The van der Waals surface area contributed by atoms with Crippen LogP contribution in [0.1, 0.15) is 89.9 Å². The Morgan fingerprint density at radius 3 is 1.80 bits per heavy atom. The van der Waals surface area contributed by atoms with Crippen LogP contribution in [0.5, 0.6) is 0 Å². The van der Waals surface area contributed by atoms with Crippen LogP contribution in [-0.4, -0.2) is 12.6 Å². The van der Waals surface area contributed by atoms with Crippen molar-refractivity contribution in [3.8, 4) is 0 Å². The molecule has 0 radical (unpaired) electrons. The molecule has 2 nitrogen and oxygen atoms in total. The van der Waals surface area contributed by atoms with E-state index in [1.165, 1.54) is 70.6 Å². The molecule has 1 aliphatic rings. The molecule has 0 N–H and O–H groups in total. The van der Waals surface area contributed by atoms with E-state index in [9.17, 15) is 4.79 Å². The van der Waals surface area contributed by atoms with Crippen molar-refractivity contribution in [1.29, 1.82) is 0 Å². The molecule has 0 bridgehead atoms. The monoisotopic (exact) mass is 280 g/mol. The molecular weight excluding hydrogens is 248 g/mol. The predicted molar refractivity (Wildman–Crippen MR) is 84.7 cm³/mol. The van der Waals surface area contributed by atoms with Gasteiger partial charge in [0, 0.05) is 6.42 Å². The fourth-order valence-electron chi connectivity index (χ4n) is 2.63. The second-order valence-corrected chi connectivity index (χ2v) is 5.91. The molecule has 0 saturated carbocycles. The Bertz CT molecular complexity index is 234. The van der Waals surface area contributed by atoms with Crippen molar-refractivity contribution in [1.82, 2.24) is 0 Å². The average molecular weight is 280 g/mol. The van der Waals surface area contributed by atoms with E-state index in [1.807, 2.05) is 0 Å². The Balaban J connectivity index is 2.15. The maximum Gasteiger partial charge on any atom is 0.305 e. The lowest BCUT2D eigenvalue weighted by molar-refractivity contribution is -0.143. The molecule has 1 rings (SSSR count). The molecule has 0 fully saturated rings. The standard InChI is InChI=1S/C18H32O2/c19-18-16-14-12-10-8-6-4-2-1-3-5-7-9-11-13-15-17-20-18/h1,3H,2,4-17H2. The van der Waals surface area contributed by atoms with E-state index in [0.29, 0.717) is 13.0 Å². The van der Waals surface area contributed by atoms with Crippen LogP contribution in [0.15, 0.2) is 12.2 Å². The smallest absolute Gasteiger partial charge is 0.305 e. The van der Waals surface area contributed by atoms with E-state index in [0.717, 1.165) is 12.8 Å². The molecule has 20 heavy (non-hydrogen) atoms. The molecule has 1 heterocycles. The number of rotatable bonds is 0. The molecule has 0 aliphatic carbocycles. The summed E-state index contributed by atoms with van der Waals surface area (Å²) in [6.07, 6.45) is 21.3. The summed E-state index contributed by atoms with van der Waals surface area (Å²) in [4.78, 5) is 11.5. The number of cyclic esters (lactones) is 1. The highest BCUT2D eigenvalue weighted by Gasteiger charge is 2.02. The number of esters is 1. The van der Waals surface area contributed by atoms with Gasteiger partial charge in [-0.15, -0.1) is 0 Å². The van der Waals surface area contributed by atoms with Crippen molar-refractivity contribution >= 4 is 5.97 Å². The highest BCUT2D eigenvalue weighted by molar-refractivity contribution is 5.69. The Morgan fingerprint density at radius 1 is 0.650 bits per heavy atom. The Labute approximate surface area is 125 Å². The molecule has 0 unspecified atom stereocenters. The van der Waals surface area contributed by atoms with Gasteiger partial charge >= 0.3 is 5.97 Å². The molecule has 0 amide bonds. The molecule has 0 aromatic rings. The normalized spacial score (nSPS) is 22.3. The predicted octanol–water partition coefficient (Wildman–Crippen LogP) is 5.56. The SMILES string of the molecule is O=C1CCCCCCCCC=CCCCCCCCO1. The Morgan fingerprint density at radius 2 is 1.15 bits per heavy atom. The summed E-state index contributed by atoms with van der Waals surface area (Å²) in [6, 6.07) is 0. The van der Waals surface area contributed by atoms with Crippen LogP contribution in [0.4, 0.5) is 0 Å². The third-order valence-corrected chi connectivity index (χ3v) is 3.95. The highest BCUT2D eigenvalue weighted by Crippen LogP contribution is 2.11. The summed E-state index contributed by atoms with van der Waals surface area (Å²) in [5, 5.41) is 0. The first-order chi connectivity index (χ1) is 9.89. The van der Waals surface area contributed by atoms with Gasteiger partial charge in [-0.1, -0.05) is 57.1 Å². The number of hydrogen-bond acceptors (Lipinski definition) is 2. The van der Waals surface area contributed by atoms with Crippen molar-refractivity contribution in [3.63, 3.8) is 0 Å². The molecular formula is C18H32O2. The summed E-state index contributed by atoms with van der Waals surface area (Å²) >= 11 is 0. The minimum atomic E-state index is 0.00659. The lowest BCUT2D eigenvalue weighted by Gasteiger charge is -2.05. The topological polar surface area (TPSA) is 26.3 Å². The third kappa shape index (κ3) is 11.1. The molecule has 116 valence electrons.